The summed E-state index contributed by atoms with van der Waals surface area (Å²) < 4.78 is 51.6. The third-order valence-electron chi connectivity index (χ3n) is 5.53. The second-order valence-corrected chi connectivity index (χ2v) is 13.3. The Kier molecular flexibility index (Phi) is 13.2. The Labute approximate surface area is 228 Å². The van der Waals surface area contributed by atoms with Gasteiger partial charge in [0.2, 0.25) is 5.91 Å². The van der Waals surface area contributed by atoms with Crippen LogP contribution in [0.1, 0.15) is 64.5 Å². The van der Waals surface area contributed by atoms with Crippen molar-refractivity contribution < 1.29 is 66.2 Å². The average Bonchev–Trinajstić information content (AvgIpc) is 3.08. The van der Waals surface area contributed by atoms with Gasteiger partial charge in [-0.05, 0) is 12.5 Å². The second kappa shape index (κ2) is 15.2. The predicted octanol–water partition coefficient (Wildman–Crippen LogP) is 1.28. The second-order valence-electron chi connectivity index (χ2n) is 8.86. The lowest BCUT2D eigenvalue weighted by molar-refractivity contribution is -0.116. The molecule has 1 saturated heterocycles. The molecule has 18 nitrogen and oxygen atoms in total. The van der Waals surface area contributed by atoms with Crippen molar-refractivity contribution in [1.29, 1.82) is 0 Å². The Morgan fingerprint density at radius 2 is 1.62 bits per heavy atom. The number of aromatic nitrogens is 2. The number of unbranched alkanes of at least 4 members (excludes halogenated alkanes) is 6. The van der Waals surface area contributed by atoms with Crippen LogP contribution in [0.4, 0.5) is 5.82 Å². The molecule has 0 bridgehead atoms. The van der Waals surface area contributed by atoms with Crippen LogP contribution in [0.3, 0.4) is 0 Å². The van der Waals surface area contributed by atoms with E-state index in [4.69, 9.17) is 14.5 Å². The average molecular weight is 637 g/mol. The number of carbonyl (C=O) groups is 1. The van der Waals surface area contributed by atoms with Crippen molar-refractivity contribution in [3.8, 4) is 0 Å². The molecular weight excluding hydrogens is 603 g/mol. The number of anilines is 1. The first-order valence-electron chi connectivity index (χ1n) is 12.2. The molecule has 0 saturated carbocycles. The molecule has 7 N–H and O–H groups in total. The van der Waals surface area contributed by atoms with E-state index in [2.05, 4.69) is 30.4 Å². The van der Waals surface area contributed by atoms with Crippen molar-refractivity contribution in [1.82, 2.24) is 9.55 Å². The molecular formula is C19H34N3O15P3. The molecule has 1 aliphatic rings. The van der Waals surface area contributed by atoms with Gasteiger partial charge in [-0.3, -0.25) is 13.9 Å². The highest BCUT2D eigenvalue weighted by molar-refractivity contribution is 7.66. The van der Waals surface area contributed by atoms with Crippen molar-refractivity contribution in [2.45, 2.75) is 82.8 Å². The first-order chi connectivity index (χ1) is 18.5. The third-order valence-corrected chi connectivity index (χ3v) is 9.34. The highest BCUT2D eigenvalue weighted by atomic mass is 31.3. The van der Waals surface area contributed by atoms with Gasteiger partial charge >= 0.3 is 29.2 Å². The van der Waals surface area contributed by atoms with Gasteiger partial charge < -0.3 is 39.8 Å². The molecule has 6 atom stereocenters. The zero-order valence-corrected chi connectivity index (χ0v) is 24.1. The lowest BCUT2D eigenvalue weighted by atomic mass is 10.1. The third kappa shape index (κ3) is 11.9. The smallest absolute Gasteiger partial charge is 0.387 e. The molecule has 1 amide bonds. The molecule has 40 heavy (non-hydrogen) atoms. The first kappa shape index (κ1) is 34.8. The number of carbonyl (C=O) groups excluding carboxylic acids is 1. The first-order valence-corrected chi connectivity index (χ1v) is 16.7. The maximum atomic E-state index is 12.5. The maximum absolute atomic E-state index is 12.5. The van der Waals surface area contributed by atoms with E-state index < -0.39 is 60.3 Å². The van der Waals surface area contributed by atoms with Crippen molar-refractivity contribution in [3.05, 3.63) is 22.7 Å². The van der Waals surface area contributed by atoms with Crippen molar-refractivity contribution >= 4 is 35.2 Å². The van der Waals surface area contributed by atoms with Crippen LogP contribution in [-0.2, 0) is 36.4 Å². The van der Waals surface area contributed by atoms with E-state index in [1.807, 2.05) is 0 Å². The van der Waals surface area contributed by atoms with Crippen LogP contribution in [0.2, 0.25) is 0 Å². The minimum absolute atomic E-state index is 0.0496. The highest BCUT2D eigenvalue weighted by Gasteiger charge is 2.46. The topological polar surface area (TPSA) is 273 Å². The number of hydrogen-bond donors (Lipinski definition) is 7. The minimum Gasteiger partial charge on any atom is -0.387 e. The lowest BCUT2D eigenvalue weighted by Crippen LogP contribution is -2.36. The molecule has 2 rings (SSSR count). The Balaban J connectivity index is 1.91. The standard InChI is InChI=1S/C19H34N3O15P3/c1-2-3-4-5-6-7-8-9-15(23)20-14-10-11-22(19(26)21-14)18-17(25)16(24)13(35-18)12-34-39(30,31)37-40(32,33)36-38(27,28)29/h10-11,13,16-18,24-25H,2-9,12H2,1H3,(H,30,31)(H,32,33)(H2,27,28,29)(H,20,21,23,26)/t13-,16-,17-,18-/m1/s1. The van der Waals surface area contributed by atoms with Crippen LogP contribution < -0.4 is 11.0 Å². The Morgan fingerprint density at radius 3 is 2.23 bits per heavy atom. The molecule has 1 aromatic rings. The van der Waals surface area contributed by atoms with Crippen LogP contribution in [-0.4, -0.2) is 70.2 Å². The molecule has 1 fully saturated rings. The van der Waals surface area contributed by atoms with E-state index in [9.17, 15) is 43.3 Å². The molecule has 0 spiro atoms. The molecule has 0 aliphatic carbocycles. The summed E-state index contributed by atoms with van der Waals surface area (Å²) in [6, 6.07) is 1.26. The molecule has 1 aromatic heterocycles. The molecule has 1 aliphatic heterocycles. The van der Waals surface area contributed by atoms with Gasteiger partial charge in [-0.2, -0.15) is 13.6 Å². The molecule has 21 heteroatoms. The van der Waals surface area contributed by atoms with Crippen LogP contribution in [0.25, 0.3) is 0 Å². The maximum Gasteiger partial charge on any atom is 0.490 e. The van der Waals surface area contributed by atoms with E-state index >= 15 is 0 Å². The number of nitrogens with one attached hydrogen (secondary N) is 1. The Hall–Kier alpha value is -1.36. The summed E-state index contributed by atoms with van der Waals surface area (Å²) in [6.07, 6.45) is 1.86. The van der Waals surface area contributed by atoms with Crippen molar-refractivity contribution in [2.24, 2.45) is 0 Å². The number of phosphoric acid groups is 3. The van der Waals surface area contributed by atoms with Gasteiger partial charge in [0.25, 0.3) is 0 Å². The largest absolute Gasteiger partial charge is 0.490 e. The van der Waals surface area contributed by atoms with Gasteiger partial charge in [0, 0.05) is 12.6 Å². The van der Waals surface area contributed by atoms with Crippen molar-refractivity contribution in [3.63, 3.8) is 0 Å². The van der Waals surface area contributed by atoms with Gasteiger partial charge in [0.05, 0.1) is 6.61 Å². The van der Waals surface area contributed by atoms with Gasteiger partial charge in [0.1, 0.15) is 24.1 Å². The van der Waals surface area contributed by atoms with Crippen LogP contribution in [0.5, 0.6) is 0 Å². The fourth-order valence-electron chi connectivity index (χ4n) is 3.69. The Bertz CT molecular complexity index is 1190. The number of phosphoric ester groups is 1. The van der Waals surface area contributed by atoms with Crippen LogP contribution >= 0.6 is 23.5 Å². The number of nitrogens with zero attached hydrogens (tertiary/aromatic N) is 2. The molecule has 0 aromatic carbocycles. The minimum atomic E-state index is -5.76. The number of hydrogen-bond acceptors (Lipinski definition) is 12. The summed E-state index contributed by atoms with van der Waals surface area (Å²) in [5.74, 6) is -0.385. The number of aliphatic hydroxyl groups excluding tert-OH is 2. The number of ether oxygens (including phenoxy) is 1. The fourth-order valence-corrected chi connectivity index (χ4v) is 6.72. The van der Waals surface area contributed by atoms with Gasteiger partial charge in [-0.1, -0.05) is 45.4 Å². The highest BCUT2D eigenvalue weighted by Crippen LogP contribution is 2.66. The SMILES string of the molecule is CCCCCCCCCC(=O)Nc1ccn([C@@H]2O[C@H](COP(=O)(O)OP(=O)(O)OP(=O)(O)O)[C@@H](O)[C@H]2O)c(=O)n1. The van der Waals surface area contributed by atoms with Gasteiger partial charge in [0.15, 0.2) is 6.23 Å². The van der Waals surface area contributed by atoms with E-state index in [-0.39, 0.29) is 18.1 Å². The number of amides is 1. The van der Waals surface area contributed by atoms with E-state index in [0.29, 0.717) is 6.42 Å². The molecule has 2 unspecified atom stereocenters. The molecule has 2 heterocycles. The van der Waals surface area contributed by atoms with E-state index in [1.165, 1.54) is 12.5 Å². The lowest BCUT2D eigenvalue weighted by Gasteiger charge is -2.19. The summed E-state index contributed by atoms with van der Waals surface area (Å²) >= 11 is 0. The van der Waals surface area contributed by atoms with Crippen LogP contribution in [0.15, 0.2) is 17.1 Å². The molecule has 0 radical (unpaired) electrons. The van der Waals surface area contributed by atoms with E-state index in [1.54, 1.807) is 0 Å². The van der Waals surface area contributed by atoms with Crippen LogP contribution in [0, 0.1) is 0 Å². The Morgan fingerprint density at radius 1 is 1.00 bits per heavy atom. The number of aliphatic hydroxyl groups is 2. The zero-order chi connectivity index (χ0) is 30.1. The summed E-state index contributed by atoms with van der Waals surface area (Å²) in [5.41, 5.74) is -0.974. The summed E-state index contributed by atoms with van der Waals surface area (Å²) in [7, 11) is -16.9. The number of rotatable bonds is 17. The predicted molar refractivity (Wildman–Crippen MR) is 135 cm³/mol. The van der Waals surface area contributed by atoms with Gasteiger partial charge in [-0.25, -0.2) is 18.5 Å². The normalized spacial score (nSPS) is 24.4. The summed E-state index contributed by atoms with van der Waals surface area (Å²) in [5, 5.41) is 23.0. The van der Waals surface area contributed by atoms with E-state index in [0.717, 1.165) is 42.9 Å². The quantitative estimate of drug-likeness (QED) is 0.0936. The summed E-state index contributed by atoms with van der Waals surface area (Å²) in [6.45, 7) is 1.08. The van der Waals surface area contributed by atoms with Crippen molar-refractivity contribution in [2.75, 3.05) is 11.9 Å². The van der Waals surface area contributed by atoms with Gasteiger partial charge in [-0.15, -0.1) is 0 Å². The summed E-state index contributed by atoms with van der Waals surface area (Å²) in [4.78, 5) is 64.1. The molecule has 230 valence electrons. The monoisotopic (exact) mass is 637 g/mol. The fraction of sp³-hybridized carbons (Fsp3) is 0.737. The zero-order valence-electron chi connectivity index (χ0n) is 21.4.